The molecular formula is C12H15ClF3NO2S. The van der Waals surface area contributed by atoms with Gasteiger partial charge in [0.1, 0.15) is 5.82 Å². The summed E-state index contributed by atoms with van der Waals surface area (Å²) in [6.07, 6.45) is -2.81. The number of sulfonamides is 1. The number of nitrogens with zero attached hydrogens (tertiary/aromatic N) is 1. The molecule has 1 aromatic rings. The minimum Gasteiger partial charge on any atom is -0.209 e. The Balaban J connectivity index is 3.33. The molecule has 0 atom stereocenters. The number of rotatable bonds is 6. The highest BCUT2D eigenvalue weighted by Gasteiger charge is 2.29. The molecule has 0 heterocycles. The fourth-order valence-electron chi connectivity index (χ4n) is 1.99. The fraction of sp³-hybridized carbons (Fsp3) is 0.500. The van der Waals surface area contributed by atoms with Gasteiger partial charge in [-0.05, 0) is 37.1 Å². The summed E-state index contributed by atoms with van der Waals surface area (Å²) in [5.74, 6) is -0.678. The first-order valence-corrected chi connectivity index (χ1v) is 7.78. The van der Waals surface area contributed by atoms with Crippen molar-refractivity contribution in [3.8, 4) is 0 Å². The Kier molecular flexibility index (Phi) is 5.85. The normalized spacial score (nSPS) is 12.4. The Labute approximate surface area is 121 Å². The van der Waals surface area contributed by atoms with E-state index in [2.05, 4.69) is 0 Å². The van der Waals surface area contributed by atoms with Gasteiger partial charge in [-0.25, -0.2) is 21.6 Å². The highest BCUT2D eigenvalue weighted by molar-refractivity contribution is 7.89. The molecule has 0 amide bonds. The Hall–Kier alpha value is -0.790. The van der Waals surface area contributed by atoms with Crippen LogP contribution in [0.5, 0.6) is 0 Å². The van der Waals surface area contributed by atoms with E-state index in [9.17, 15) is 21.6 Å². The van der Waals surface area contributed by atoms with E-state index in [1.165, 1.54) is 13.8 Å². The van der Waals surface area contributed by atoms with Crippen LogP contribution in [-0.4, -0.2) is 38.1 Å². The van der Waals surface area contributed by atoms with E-state index in [0.717, 1.165) is 12.1 Å². The zero-order chi connectivity index (χ0) is 15.5. The maximum absolute atomic E-state index is 13.2. The van der Waals surface area contributed by atoms with E-state index in [1.54, 1.807) is 0 Å². The molecule has 0 aromatic heterocycles. The van der Waals surface area contributed by atoms with Crippen molar-refractivity contribution in [3.05, 3.63) is 29.1 Å². The van der Waals surface area contributed by atoms with Crippen LogP contribution in [0.3, 0.4) is 0 Å². The lowest BCUT2D eigenvalue weighted by Crippen LogP contribution is -2.37. The zero-order valence-electron chi connectivity index (χ0n) is 11.0. The molecule has 0 radical (unpaired) electrons. The van der Waals surface area contributed by atoms with Gasteiger partial charge in [0.25, 0.3) is 6.43 Å². The third kappa shape index (κ3) is 3.86. The van der Waals surface area contributed by atoms with Crippen molar-refractivity contribution in [2.75, 3.05) is 19.0 Å². The molecule has 1 aromatic carbocycles. The summed E-state index contributed by atoms with van der Waals surface area (Å²) < 4.78 is 63.7. The minimum absolute atomic E-state index is 0.106. The average molecular weight is 330 g/mol. The van der Waals surface area contributed by atoms with Gasteiger partial charge in [0.2, 0.25) is 10.0 Å². The summed E-state index contributed by atoms with van der Waals surface area (Å²) in [7, 11) is -4.13. The van der Waals surface area contributed by atoms with Crippen LogP contribution < -0.4 is 0 Å². The fourth-order valence-corrected chi connectivity index (χ4v) is 4.13. The molecule has 0 N–H and O–H groups in total. The molecule has 1 rings (SSSR count). The Morgan fingerprint density at radius 2 is 1.75 bits per heavy atom. The van der Waals surface area contributed by atoms with E-state index in [4.69, 9.17) is 11.6 Å². The predicted octanol–water partition coefficient (Wildman–Crippen LogP) is 2.94. The van der Waals surface area contributed by atoms with Crippen LogP contribution in [-0.2, 0) is 10.0 Å². The first kappa shape index (κ1) is 17.3. The van der Waals surface area contributed by atoms with E-state index in [-0.39, 0.29) is 28.4 Å². The number of hydrogen-bond donors (Lipinski definition) is 0. The molecule has 114 valence electrons. The highest BCUT2D eigenvalue weighted by Crippen LogP contribution is 2.25. The van der Waals surface area contributed by atoms with E-state index in [1.807, 2.05) is 0 Å². The van der Waals surface area contributed by atoms with Gasteiger partial charge in [-0.3, -0.25) is 0 Å². The van der Waals surface area contributed by atoms with Gasteiger partial charge >= 0.3 is 0 Å². The summed E-state index contributed by atoms with van der Waals surface area (Å²) in [6, 6.07) is 2.11. The quantitative estimate of drug-likeness (QED) is 0.753. The first-order valence-electron chi connectivity index (χ1n) is 5.81. The number of halogens is 4. The van der Waals surface area contributed by atoms with Crippen molar-refractivity contribution >= 4 is 21.6 Å². The SMILES string of the molecule is Cc1cc(F)cc(C)c1S(=O)(=O)N(CCCl)CC(F)F. The molecule has 0 saturated carbocycles. The summed E-state index contributed by atoms with van der Waals surface area (Å²) >= 11 is 5.47. The van der Waals surface area contributed by atoms with Gasteiger partial charge in [-0.2, -0.15) is 4.31 Å². The lowest BCUT2D eigenvalue weighted by Gasteiger charge is -2.23. The molecule has 0 spiro atoms. The number of benzene rings is 1. The van der Waals surface area contributed by atoms with Crippen LogP contribution in [0, 0.1) is 19.7 Å². The summed E-state index contributed by atoms with van der Waals surface area (Å²) in [4.78, 5) is -0.148. The van der Waals surface area contributed by atoms with Crippen molar-refractivity contribution in [1.29, 1.82) is 0 Å². The second-order valence-corrected chi connectivity index (χ2v) is 6.56. The third-order valence-corrected chi connectivity index (χ3v) is 5.04. The smallest absolute Gasteiger partial charge is 0.209 e. The van der Waals surface area contributed by atoms with E-state index in [0.29, 0.717) is 4.31 Å². The predicted molar refractivity (Wildman–Crippen MR) is 71.4 cm³/mol. The molecule has 8 heteroatoms. The number of aryl methyl sites for hydroxylation is 2. The molecular weight excluding hydrogens is 315 g/mol. The average Bonchev–Trinajstić information content (AvgIpc) is 2.25. The molecule has 0 bridgehead atoms. The van der Waals surface area contributed by atoms with Crippen molar-refractivity contribution in [2.24, 2.45) is 0 Å². The monoisotopic (exact) mass is 329 g/mol. The summed E-state index contributed by atoms with van der Waals surface area (Å²) in [6.45, 7) is 1.67. The molecule has 0 aliphatic rings. The van der Waals surface area contributed by atoms with Crippen molar-refractivity contribution in [2.45, 2.75) is 25.2 Å². The van der Waals surface area contributed by atoms with Crippen LogP contribution in [0.15, 0.2) is 17.0 Å². The lowest BCUT2D eigenvalue weighted by molar-refractivity contribution is 0.121. The standard InChI is InChI=1S/C12H15ClF3NO2S/c1-8-5-10(14)6-9(2)12(8)20(18,19)17(4-3-13)7-11(15)16/h5-6,11H,3-4,7H2,1-2H3. The third-order valence-electron chi connectivity index (χ3n) is 2.70. The maximum Gasteiger partial charge on any atom is 0.252 e. The van der Waals surface area contributed by atoms with E-state index < -0.39 is 28.8 Å². The van der Waals surface area contributed by atoms with Crippen LogP contribution in [0.25, 0.3) is 0 Å². The Bertz CT molecular complexity index is 555. The van der Waals surface area contributed by atoms with Gasteiger partial charge < -0.3 is 0 Å². The molecule has 20 heavy (non-hydrogen) atoms. The zero-order valence-corrected chi connectivity index (χ0v) is 12.6. The topological polar surface area (TPSA) is 37.4 Å². The molecule has 0 saturated heterocycles. The van der Waals surface area contributed by atoms with Gasteiger partial charge in [-0.1, -0.05) is 0 Å². The van der Waals surface area contributed by atoms with Gasteiger partial charge in [0.05, 0.1) is 11.4 Å². The molecule has 0 aliphatic heterocycles. The summed E-state index contributed by atoms with van der Waals surface area (Å²) in [5.41, 5.74) is 0.354. The highest BCUT2D eigenvalue weighted by atomic mass is 35.5. The molecule has 0 fully saturated rings. The van der Waals surface area contributed by atoms with Gasteiger partial charge in [-0.15, -0.1) is 11.6 Å². The van der Waals surface area contributed by atoms with Gasteiger partial charge in [0.15, 0.2) is 0 Å². The first-order chi connectivity index (χ1) is 9.20. The summed E-state index contributed by atoms with van der Waals surface area (Å²) in [5, 5.41) is 0. The van der Waals surface area contributed by atoms with Crippen LogP contribution in [0.2, 0.25) is 0 Å². The van der Waals surface area contributed by atoms with Crippen LogP contribution in [0.1, 0.15) is 11.1 Å². The number of alkyl halides is 3. The molecule has 0 unspecified atom stereocenters. The largest absolute Gasteiger partial charge is 0.252 e. The van der Waals surface area contributed by atoms with Gasteiger partial charge in [0, 0.05) is 12.4 Å². The number of hydrogen-bond acceptors (Lipinski definition) is 2. The minimum atomic E-state index is -4.13. The Morgan fingerprint density at radius 3 is 2.15 bits per heavy atom. The molecule has 0 aliphatic carbocycles. The van der Waals surface area contributed by atoms with Crippen molar-refractivity contribution in [3.63, 3.8) is 0 Å². The second kappa shape index (κ2) is 6.78. The van der Waals surface area contributed by atoms with Crippen LogP contribution in [0.4, 0.5) is 13.2 Å². The van der Waals surface area contributed by atoms with Crippen molar-refractivity contribution in [1.82, 2.24) is 4.31 Å². The Morgan fingerprint density at radius 1 is 1.25 bits per heavy atom. The van der Waals surface area contributed by atoms with Crippen LogP contribution >= 0.6 is 11.6 Å². The van der Waals surface area contributed by atoms with E-state index >= 15 is 0 Å². The second-order valence-electron chi connectivity index (χ2n) is 4.31. The van der Waals surface area contributed by atoms with Crippen molar-refractivity contribution < 1.29 is 21.6 Å². The lowest BCUT2D eigenvalue weighted by atomic mass is 10.1. The maximum atomic E-state index is 13.2. The molecule has 3 nitrogen and oxygen atoms in total.